The molecule has 2 aromatic rings. The number of fused-ring (bicyclic) bond motifs is 1. The van der Waals surface area contributed by atoms with Gasteiger partial charge in [0.2, 0.25) is 0 Å². The van der Waals surface area contributed by atoms with Crippen LogP contribution in [0.1, 0.15) is 25.3 Å². The summed E-state index contributed by atoms with van der Waals surface area (Å²) in [7, 11) is 3.99. The summed E-state index contributed by atoms with van der Waals surface area (Å²) in [5.41, 5.74) is 3.90. The minimum absolute atomic E-state index is 0.133. The summed E-state index contributed by atoms with van der Waals surface area (Å²) in [5, 5.41) is 9.72. The van der Waals surface area contributed by atoms with Gasteiger partial charge < -0.3 is 29.7 Å². The van der Waals surface area contributed by atoms with E-state index in [0.29, 0.717) is 23.3 Å². The molecule has 2 saturated heterocycles. The van der Waals surface area contributed by atoms with Gasteiger partial charge in [-0.3, -0.25) is 5.32 Å². The minimum Gasteiger partial charge on any atom is -0.441 e. The number of anilines is 3. The molecule has 9 heteroatoms. The van der Waals surface area contributed by atoms with Crippen molar-refractivity contribution in [1.29, 1.82) is 0 Å². The second-order valence-electron chi connectivity index (χ2n) is 9.09. The second-order valence-corrected chi connectivity index (χ2v) is 9.50. The van der Waals surface area contributed by atoms with E-state index in [2.05, 4.69) is 29.8 Å². The molecule has 0 aliphatic carbocycles. The van der Waals surface area contributed by atoms with Crippen LogP contribution < -0.4 is 20.9 Å². The maximum absolute atomic E-state index is 12.4. The first-order chi connectivity index (χ1) is 16.3. The van der Waals surface area contributed by atoms with Crippen molar-refractivity contribution in [2.24, 2.45) is 0 Å². The number of hydrogen-bond acceptors (Lipinski definition) is 6. The van der Waals surface area contributed by atoms with Crippen molar-refractivity contribution in [3.63, 3.8) is 0 Å². The van der Waals surface area contributed by atoms with Gasteiger partial charge in [-0.2, -0.15) is 0 Å². The van der Waals surface area contributed by atoms with Crippen LogP contribution in [-0.4, -0.2) is 62.9 Å². The van der Waals surface area contributed by atoms with Crippen LogP contribution >= 0.6 is 12.2 Å². The lowest BCUT2D eigenvalue weighted by Gasteiger charge is -2.20. The Morgan fingerprint density at radius 3 is 2.24 bits per heavy atom. The molecule has 2 aliphatic heterocycles. The number of amides is 1. The van der Waals surface area contributed by atoms with Gasteiger partial charge in [0.1, 0.15) is 12.2 Å². The topological polar surface area (TPSA) is 84.1 Å². The number of carbonyl (C=O) groups excluding carboxylic acids is 1. The number of nitrogens with zero attached hydrogens (tertiary/aromatic N) is 1. The molecular weight excluding hydrogens is 452 g/mol. The molecule has 0 saturated carbocycles. The van der Waals surface area contributed by atoms with Crippen molar-refractivity contribution in [3.05, 3.63) is 54.1 Å². The number of ether oxygens (including phenoxy) is 3. The van der Waals surface area contributed by atoms with Crippen LogP contribution in [0.4, 0.5) is 21.9 Å². The lowest BCUT2D eigenvalue weighted by Crippen LogP contribution is -2.46. The van der Waals surface area contributed by atoms with E-state index in [0.717, 1.165) is 11.4 Å². The van der Waals surface area contributed by atoms with E-state index in [9.17, 15) is 4.79 Å². The highest BCUT2D eigenvalue weighted by molar-refractivity contribution is 7.80. The van der Waals surface area contributed by atoms with Gasteiger partial charge >= 0.3 is 6.09 Å². The molecule has 4 rings (SSSR count). The highest BCUT2D eigenvalue weighted by atomic mass is 32.1. The highest BCUT2D eigenvalue weighted by Gasteiger charge is 2.49. The second kappa shape index (κ2) is 10.6. The Labute approximate surface area is 205 Å². The molecule has 8 nitrogen and oxygen atoms in total. The van der Waals surface area contributed by atoms with Crippen LogP contribution in [-0.2, 0) is 14.2 Å². The van der Waals surface area contributed by atoms with Gasteiger partial charge in [-0.1, -0.05) is 26.0 Å². The zero-order chi connectivity index (χ0) is 24.2. The predicted molar refractivity (Wildman–Crippen MR) is 138 cm³/mol. The molecule has 1 amide bonds. The Balaban J connectivity index is 1.25. The normalized spacial score (nSPS) is 23.3. The van der Waals surface area contributed by atoms with Crippen LogP contribution in [0.5, 0.6) is 0 Å². The van der Waals surface area contributed by atoms with Gasteiger partial charge in [0, 0.05) is 31.2 Å². The third-order valence-corrected chi connectivity index (χ3v) is 6.27. The molecule has 2 fully saturated rings. The molecule has 0 spiro atoms. The van der Waals surface area contributed by atoms with Crippen LogP contribution in [0.2, 0.25) is 0 Å². The standard InChI is InChI=1S/C25H32N4O4S/c1-15(2)16-5-7-18(8-6-16)27-25(30)33-21-14-32-22-20(13-31-23(21)22)28-24(34)26-17-9-11-19(12-10-17)29(3)4/h5-12,15,20-23H,13-14H2,1-4H3,(H,27,30)(H2,26,28,34). The van der Waals surface area contributed by atoms with Gasteiger partial charge in [0.15, 0.2) is 11.2 Å². The van der Waals surface area contributed by atoms with Crippen LogP contribution in [0.15, 0.2) is 48.5 Å². The van der Waals surface area contributed by atoms with E-state index in [1.165, 1.54) is 5.56 Å². The molecule has 4 atom stereocenters. The average Bonchev–Trinajstić information content (AvgIpc) is 3.38. The Morgan fingerprint density at radius 2 is 1.59 bits per heavy atom. The van der Waals surface area contributed by atoms with Crippen molar-refractivity contribution in [1.82, 2.24) is 5.32 Å². The Morgan fingerprint density at radius 1 is 0.971 bits per heavy atom. The molecule has 0 aromatic heterocycles. The summed E-state index contributed by atoms with van der Waals surface area (Å²) in [6, 6.07) is 15.6. The van der Waals surface area contributed by atoms with Crippen molar-refractivity contribution in [2.45, 2.75) is 44.1 Å². The first-order valence-corrected chi connectivity index (χ1v) is 11.9. The predicted octanol–water partition coefficient (Wildman–Crippen LogP) is 3.95. The monoisotopic (exact) mass is 484 g/mol. The molecule has 2 heterocycles. The Hall–Kier alpha value is -2.88. The maximum Gasteiger partial charge on any atom is 0.412 e. The fourth-order valence-corrected chi connectivity index (χ4v) is 4.37. The fourth-order valence-electron chi connectivity index (χ4n) is 4.10. The smallest absolute Gasteiger partial charge is 0.412 e. The van der Waals surface area contributed by atoms with Gasteiger partial charge in [0.25, 0.3) is 0 Å². The molecule has 2 aromatic carbocycles. The van der Waals surface area contributed by atoms with E-state index in [1.807, 2.05) is 67.5 Å². The summed E-state index contributed by atoms with van der Waals surface area (Å²) in [5.74, 6) is 0.432. The first kappa shape index (κ1) is 24.3. The number of benzene rings is 2. The molecule has 0 bridgehead atoms. The minimum atomic E-state index is -0.523. The fraction of sp³-hybridized carbons (Fsp3) is 0.440. The van der Waals surface area contributed by atoms with Gasteiger partial charge in [-0.15, -0.1) is 0 Å². The summed E-state index contributed by atoms with van der Waals surface area (Å²) >= 11 is 5.48. The summed E-state index contributed by atoms with van der Waals surface area (Å²) in [6.07, 6.45) is -1.59. The number of hydrogen-bond donors (Lipinski definition) is 3. The van der Waals surface area contributed by atoms with Gasteiger partial charge in [-0.05, 0) is 60.1 Å². The van der Waals surface area contributed by atoms with E-state index >= 15 is 0 Å². The van der Waals surface area contributed by atoms with Crippen molar-refractivity contribution in [2.75, 3.05) is 42.8 Å². The zero-order valence-corrected chi connectivity index (χ0v) is 20.7. The summed E-state index contributed by atoms with van der Waals surface area (Å²) in [6.45, 7) is 4.94. The van der Waals surface area contributed by atoms with Crippen molar-refractivity contribution in [3.8, 4) is 0 Å². The largest absolute Gasteiger partial charge is 0.441 e. The van der Waals surface area contributed by atoms with E-state index in [-0.39, 0.29) is 24.9 Å². The molecule has 34 heavy (non-hydrogen) atoms. The lowest BCUT2D eigenvalue weighted by atomic mass is 10.0. The number of nitrogens with one attached hydrogen (secondary N) is 3. The molecule has 182 valence electrons. The molecule has 4 unspecified atom stereocenters. The Bertz CT molecular complexity index is 915. The van der Waals surface area contributed by atoms with Crippen molar-refractivity contribution >= 4 is 40.5 Å². The van der Waals surface area contributed by atoms with Gasteiger partial charge in [-0.25, -0.2) is 4.79 Å². The summed E-state index contributed by atoms with van der Waals surface area (Å²) in [4.78, 5) is 14.4. The van der Waals surface area contributed by atoms with Crippen LogP contribution in [0.3, 0.4) is 0 Å². The molecular formula is C25H32N4O4S. The summed E-state index contributed by atoms with van der Waals surface area (Å²) < 4.78 is 17.4. The SMILES string of the molecule is CC(C)c1ccc(NC(=O)OC2COC3C(NC(=S)Nc4ccc(N(C)C)cc4)COC23)cc1. The number of carbonyl (C=O) groups is 1. The van der Waals surface area contributed by atoms with Gasteiger partial charge in [0.05, 0.1) is 19.3 Å². The number of rotatable bonds is 6. The molecule has 3 N–H and O–H groups in total. The third kappa shape index (κ3) is 5.78. The lowest BCUT2D eigenvalue weighted by molar-refractivity contribution is 0.00880. The molecule has 0 radical (unpaired) electrons. The zero-order valence-electron chi connectivity index (χ0n) is 19.9. The van der Waals surface area contributed by atoms with Crippen molar-refractivity contribution < 1.29 is 19.0 Å². The van der Waals surface area contributed by atoms with E-state index < -0.39 is 12.2 Å². The third-order valence-electron chi connectivity index (χ3n) is 6.05. The average molecular weight is 485 g/mol. The van der Waals surface area contributed by atoms with Crippen LogP contribution in [0.25, 0.3) is 0 Å². The number of thiocarbonyl (C=S) groups is 1. The van der Waals surface area contributed by atoms with Crippen LogP contribution in [0, 0.1) is 0 Å². The maximum atomic E-state index is 12.4. The highest BCUT2D eigenvalue weighted by Crippen LogP contribution is 2.29. The quantitative estimate of drug-likeness (QED) is 0.532. The van der Waals surface area contributed by atoms with E-state index in [1.54, 1.807) is 0 Å². The molecule has 2 aliphatic rings. The Kier molecular flexibility index (Phi) is 7.55. The first-order valence-electron chi connectivity index (χ1n) is 11.5. The van der Waals surface area contributed by atoms with E-state index in [4.69, 9.17) is 26.4 Å².